The molecular formula is C11H15NS. The van der Waals surface area contributed by atoms with E-state index in [2.05, 4.69) is 43.0 Å². The van der Waals surface area contributed by atoms with E-state index in [1.165, 1.54) is 11.3 Å². The maximum atomic E-state index is 3.77. The normalized spacial score (nSPS) is 10.9. The third kappa shape index (κ3) is 2.81. The van der Waals surface area contributed by atoms with Crippen LogP contribution >= 0.6 is 11.8 Å². The van der Waals surface area contributed by atoms with Gasteiger partial charge in [0.25, 0.3) is 0 Å². The molecule has 0 radical (unpaired) electrons. The van der Waals surface area contributed by atoms with Crippen molar-refractivity contribution >= 4 is 23.9 Å². The zero-order chi connectivity index (χ0) is 9.68. The molecule has 2 heteroatoms. The SMILES string of the molecule is C=Cc1cc(C)[nH]c1/C=C\CSC. The first-order valence-corrected chi connectivity index (χ1v) is 5.65. The average Bonchev–Trinajstić information content (AvgIpc) is 2.47. The van der Waals surface area contributed by atoms with Crippen molar-refractivity contribution in [1.29, 1.82) is 0 Å². The number of aromatic amines is 1. The summed E-state index contributed by atoms with van der Waals surface area (Å²) in [5, 5.41) is 0. The summed E-state index contributed by atoms with van der Waals surface area (Å²) in [6.07, 6.45) is 8.24. The van der Waals surface area contributed by atoms with Crippen LogP contribution in [-0.2, 0) is 0 Å². The lowest BCUT2D eigenvalue weighted by Crippen LogP contribution is -1.76. The van der Waals surface area contributed by atoms with E-state index in [0.29, 0.717) is 0 Å². The molecule has 0 atom stereocenters. The molecule has 1 heterocycles. The van der Waals surface area contributed by atoms with Gasteiger partial charge in [0.2, 0.25) is 0 Å². The summed E-state index contributed by atoms with van der Waals surface area (Å²) in [7, 11) is 0. The highest BCUT2D eigenvalue weighted by Crippen LogP contribution is 2.13. The molecule has 1 N–H and O–H groups in total. The van der Waals surface area contributed by atoms with E-state index in [-0.39, 0.29) is 0 Å². The van der Waals surface area contributed by atoms with Crippen molar-refractivity contribution in [2.75, 3.05) is 12.0 Å². The minimum absolute atomic E-state index is 1.05. The number of thioether (sulfide) groups is 1. The fraction of sp³-hybridized carbons (Fsp3) is 0.273. The predicted molar refractivity (Wildman–Crippen MR) is 63.0 cm³/mol. The average molecular weight is 193 g/mol. The van der Waals surface area contributed by atoms with Gasteiger partial charge in [-0.05, 0) is 30.9 Å². The Morgan fingerprint density at radius 1 is 1.62 bits per heavy atom. The van der Waals surface area contributed by atoms with Gasteiger partial charge in [0.15, 0.2) is 0 Å². The van der Waals surface area contributed by atoms with Gasteiger partial charge in [0, 0.05) is 17.1 Å². The molecule has 0 fully saturated rings. The van der Waals surface area contributed by atoms with Crippen LogP contribution in [0.2, 0.25) is 0 Å². The van der Waals surface area contributed by atoms with Crippen LogP contribution < -0.4 is 0 Å². The molecule has 0 spiro atoms. The Labute approximate surface area is 83.9 Å². The van der Waals surface area contributed by atoms with Gasteiger partial charge in [0.1, 0.15) is 0 Å². The lowest BCUT2D eigenvalue weighted by atomic mass is 10.2. The van der Waals surface area contributed by atoms with Gasteiger partial charge in [-0.25, -0.2) is 0 Å². The van der Waals surface area contributed by atoms with Crippen molar-refractivity contribution in [1.82, 2.24) is 4.98 Å². The zero-order valence-electron chi connectivity index (χ0n) is 8.13. The summed E-state index contributed by atoms with van der Waals surface area (Å²) in [5.41, 5.74) is 3.51. The van der Waals surface area contributed by atoms with E-state index in [1.807, 2.05) is 17.8 Å². The highest BCUT2D eigenvalue weighted by molar-refractivity contribution is 7.98. The van der Waals surface area contributed by atoms with Crippen molar-refractivity contribution in [3.8, 4) is 0 Å². The molecule has 0 aliphatic rings. The van der Waals surface area contributed by atoms with Gasteiger partial charge in [-0.1, -0.05) is 18.7 Å². The van der Waals surface area contributed by atoms with Gasteiger partial charge < -0.3 is 4.98 Å². The number of H-pyrrole nitrogens is 1. The largest absolute Gasteiger partial charge is 0.359 e. The predicted octanol–water partition coefficient (Wildman–Crippen LogP) is 3.34. The molecule has 0 saturated heterocycles. The fourth-order valence-corrected chi connectivity index (χ4v) is 1.49. The Bertz CT molecular complexity index is 310. The highest BCUT2D eigenvalue weighted by atomic mass is 32.2. The Balaban J connectivity index is 2.80. The van der Waals surface area contributed by atoms with E-state index in [0.717, 1.165) is 11.4 Å². The number of nitrogens with one attached hydrogen (secondary N) is 1. The van der Waals surface area contributed by atoms with Crippen molar-refractivity contribution in [3.63, 3.8) is 0 Å². The fourth-order valence-electron chi connectivity index (χ4n) is 1.20. The van der Waals surface area contributed by atoms with E-state index >= 15 is 0 Å². The molecule has 0 aromatic carbocycles. The van der Waals surface area contributed by atoms with Crippen LogP contribution in [-0.4, -0.2) is 17.0 Å². The first-order chi connectivity index (χ1) is 6.27. The molecular weight excluding hydrogens is 178 g/mol. The van der Waals surface area contributed by atoms with Gasteiger partial charge in [-0.15, -0.1) is 0 Å². The lowest BCUT2D eigenvalue weighted by Gasteiger charge is -1.90. The van der Waals surface area contributed by atoms with Gasteiger partial charge in [-0.2, -0.15) is 11.8 Å². The smallest absolute Gasteiger partial charge is 0.0452 e. The highest BCUT2D eigenvalue weighted by Gasteiger charge is 1.97. The summed E-state index contributed by atoms with van der Waals surface area (Å²) in [5.74, 6) is 1.05. The molecule has 0 amide bonds. The molecule has 13 heavy (non-hydrogen) atoms. The molecule has 0 aliphatic heterocycles. The van der Waals surface area contributed by atoms with Crippen LogP contribution in [0, 0.1) is 6.92 Å². The summed E-state index contributed by atoms with van der Waals surface area (Å²) < 4.78 is 0. The summed E-state index contributed by atoms with van der Waals surface area (Å²) in [6.45, 7) is 5.83. The lowest BCUT2D eigenvalue weighted by molar-refractivity contribution is 1.25. The maximum Gasteiger partial charge on any atom is 0.0452 e. The Hall–Kier alpha value is -0.890. The third-order valence-electron chi connectivity index (χ3n) is 1.78. The van der Waals surface area contributed by atoms with Gasteiger partial charge in [0.05, 0.1) is 0 Å². The summed E-state index contributed by atoms with van der Waals surface area (Å²) in [4.78, 5) is 3.29. The molecule has 0 bridgehead atoms. The maximum absolute atomic E-state index is 3.77. The second-order valence-electron chi connectivity index (χ2n) is 2.88. The van der Waals surface area contributed by atoms with E-state index < -0.39 is 0 Å². The Morgan fingerprint density at radius 2 is 2.38 bits per heavy atom. The van der Waals surface area contributed by atoms with Gasteiger partial charge in [-0.3, -0.25) is 0 Å². The van der Waals surface area contributed by atoms with Gasteiger partial charge >= 0.3 is 0 Å². The molecule has 0 unspecified atom stereocenters. The third-order valence-corrected chi connectivity index (χ3v) is 2.31. The quantitative estimate of drug-likeness (QED) is 0.775. The summed E-state index contributed by atoms with van der Waals surface area (Å²) in [6, 6.07) is 2.10. The van der Waals surface area contributed by atoms with E-state index in [4.69, 9.17) is 0 Å². The second kappa shape index (κ2) is 4.97. The molecule has 0 aliphatic carbocycles. The van der Waals surface area contributed by atoms with Crippen molar-refractivity contribution < 1.29 is 0 Å². The number of aryl methyl sites for hydroxylation is 1. The Morgan fingerprint density at radius 3 is 3.00 bits per heavy atom. The van der Waals surface area contributed by atoms with Crippen molar-refractivity contribution in [2.24, 2.45) is 0 Å². The Kier molecular flexibility index (Phi) is 3.90. The topological polar surface area (TPSA) is 15.8 Å². The number of hydrogen-bond acceptors (Lipinski definition) is 1. The standard InChI is InChI=1S/C11H15NS/c1-4-10-8-9(2)12-11(10)6-5-7-13-3/h4-6,8,12H,1,7H2,2-3H3/b6-5-. The minimum atomic E-state index is 1.05. The van der Waals surface area contributed by atoms with Crippen LogP contribution in [0.1, 0.15) is 17.0 Å². The molecule has 1 aromatic rings. The molecule has 1 aromatic heterocycles. The van der Waals surface area contributed by atoms with Crippen LogP contribution in [0.5, 0.6) is 0 Å². The van der Waals surface area contributed by atoms with E-state index in [9.17, 15) is 0 Å². The zero-order valence-corrected chi connectivity index (χ0v) is 8.95. The minimum Gasteiger partial charge on any atom is -0.359 e. The number of hydrogen-bond donors (Lipinski definition) is 1. The monoisotopic (exact) mass is 193 g/mol. The van der Waals surface area contributed by atoms with Crippen LogP contribution in [0.25, 0.3) is 12.2 Å². The summed E-state index contributed by atoms with van der Waals surface area (Å²) >= 11 is 1.81. The molecule has 1 rings (SSSR count). The van der Waals surface area contributed by atoms with E-state index in [1.54, 1.807) is 0 Å². The van der Waals surface area contributed by atoms with Crippen LogP contribution in [0.15, 0.2) is 18.7 Å². The second-order valence-corrected chi connectivity index (χ2v) is 3.79. The molecule has 70 valence electrons. The first kappa shape index (κ1) is 10.2. The van der Waals surface area contributed by atoms with Crippen molar-refractivity contribution in [2.45, 2.75) is 6.92 Å². The number of rotatable bonds is 4. The number of aromatic nitrogens is 1. The molecule has 0 saturated carbocycles. The van der Waals surface area contributed by atoms with Crippen LogP contribution in [0.3, 0.4) is 0 Å². The molecule has 1 nitrogen and oxygen atoms in total. The van der Waals surface area contributed by atoms with Crippen LogP contribution in [0.4, 0.5) is 0 Å². The van der Waals surface area contributed by atoms with Crippen molar-refractivity contribution in [3.05, 3.63) is 35.7 Å². The first-order valence-electron chi connectivity index (χ1n) is 4.25.